The molecule has 3 aliphatic rings. The molecule has 0 bridgehead atoms. The second-order valence-corrected chi connectivity index (χ2v) is 13.9. The van der Waals surface area contributed by atoms with Crippen LogP contribution in [0.4, 0.5) is 0 Å². The van der Waals surface area contributed by atoms with Gasteiger partial charge in [0.2, 0.25) is 11.8 Å². The fourth-order valence-electron chi connectivity index (χ4n) is 6.07. The van der Waals surface area contributed by atoms with Gasteiger partial charge < -0.3 is 16.0 Å². The maximum absolute atomic E-state index is 13.7. The Balaban J connectivity index is 1.30. The van der Waals surface area contributed by atoms with E-state index in [1.54, 1.807) is 31.2 Å². The van der Waals surface area contributed by atoms with Gasteiger partial charge in [-0.2, -0.15) is 0 Å². The summed E-state index contributed by atoms with van der Waals surface area (Å²) in [5.41, 5.74) is 4.61. The molecular formula is C30H39N3O4S. The highest BCUT2D eigenvalue weighted by molar-refractivity contribution is 7.92. The highest BCUT2D eigenvalue weighted by Crippen LogP contribution is 2.40. The van der Waals surface area contributed by atoms with Crippen molar-refractivity contribution in [1.29, 1.82) is 0 Å². The fraction of sp³-hybridized carbons (Fsp3) is 0.533. The average Bonchev–Trinajstić information content (AvgIpc) is 2.86. The van der Waals surface area contributed by atoms with Crippen molar-refractivity contribution in [2.45, 2.75) is 93.5 Å². The molecule has 0 radical (unpaired) electrons. The molecule has 8 heteroatoms. The van der Waals surface area contributed by atoms with Crippen molar-refractivity contribution in [3.63, 3.8) is 0 Å². The van der Waals surface area contributed by atoms with Crippen molar-refractivity contribution in [1.82, 2.24) is 16.0 Å². The first-order valence-corrected chi connectivity index (χ1v) is 15.4. The lowest BCUT2D eigenvalue weighted by Gasteiger charge is -2.40. The van der Waals surface area contributed by atoms with Gasteiger partial charge in [-0.15, -0.1) is 0 Å². The molecule has 5 rings (SSSR count). The Labute approximate surface area is 226 Å². The lowest BCUT2D eigenvalue weighted by Crippen LogP contribution is -2.57. The van der Waals surface area contributed by atoms with Gasteiger partial charge in [-0.3, -0.25) is 9.59 Å². The molecule has 1 heterocycles. The largest absolute Gasteiger partial charge is 0.356 e. The summed E-state index contributed by atoms with van der Waals surface area (Å²) in [6.07, 6.45) is 6.70. The highest BCUT2D eigenvalue weighted by Gasteiger charge is 2.52. The van der Waals surface area contributed by atoms with Gasteiger partial charge in [-0.25, -0.2) is 8.42 Å². The van der Waals surface area contributed by atoms with Crippen LogP contribution in [-0.2, 0) is 32.4 Å². The van der Waals surface area contributed by atoms with Crippen LogP contribution in [0.15, 0.2) is 47.4 Å². The third-order valence-electron chi connectivity index (χ3n) is 8.87. The minimum atomic E-state index is -3.85. The predicted molar refractivity (Wildman–Crippen MR) is 147 cm³/mol. The zero-order chi connectivity index (χ0) is 26.9. The summed E-state index contributed by atoms with van der Waals surface area (Å²) in [5.74, 6) is -1.63. The summed E-state index contributed by atoms with van der Waals surface area (Å²) in [4.78, 5) is 26.5. The van der Waals surface area contributed by atoms with E-state index in [0.717, 1.165) is 36.9 Å². The second kappa shape index (κ2) is 10.8. The van der Waals surface area contributed by atoms with Crippen LogP contribution >= 0.6 is 0 Å². The maximum atomic E-state index is 13.7. The number of carbonyl (C=O) groups is 2. The van der Waals surface area contributed by atoms with E-state index in [4.69, 9.17) is 0 Å². The van der Waals surface area contributed by atoms with Gasteiger partial charge in [-0.1, -0.05) is 42.3 Å². The molecule has 2 unspecified atom stereocenters. The molecule has 2 aromatic carbocycles. The van der Waals surface area contributed by atoms with Crippen LogP contribution in [-0.4, -0.2) is 37.6 Å². The molecule has 38 heavy (non-hydrogen) atoms. The summed E-state index contributed by atoms with van der Waals surface area (Å²) >= 11 is 0. The Morgan fingerprint density at radius 1 is 1.08 bits per heavy atom. The molecule has 204 valence electrons. The van der Waals surface area contributed by atoms with E-state index in [-0.39, 0.29) is 42.1 Å². The number of nitrogens with one attached hydrogen (secondary N) is 3. The zero-order valence-corrected chi connectivity index (χ0v) is 23.2. The number of amides is 2. The first kappa shape index (κ1) is 26.9. The van der Waals surface area contributed by atoms with E-state index in [2.05, 4.69) is 34.1 Å². The van der Waals surface area contributed by atoms with E-state index in [0.29, 0.717) is 6.04 Å². The minimum Gasteiger partial charge on any atom is -0.356 e. The first-order valence-electron chi connectivity index (χ1n) is 13.9. The number of sulfone groups is 1. The number of rotatable bonds is 8. The van der Waals surface area contributed by atoms with Crippen molar-refractivity contribution >= 4 is 21.7 Å². The lowest BCUT2D eigenvalue weighted by atomic mass is 9.83. The minimum absolute atomic E-state index is 0.133. The number of benzene rings is 2. The monoisotopic (exact) mass is 537 g/mol. The summed E-state index contributed by atoms with van der Waals surface area (Å²) < 4.78 is 26.1. The predicted octanol–water partition coefficient (Wildman–Crippen LogP) is 3.89. The molecule has 0 aromatic heterocycles. The number of hydrogen-bond acceptors (Lipinski definition) is 5. The van der Waals surface area contributed by atoms with Gasteiger partial charge in [0.05, 0.1) is 21.6 Å². The van der Waals surface area contributed by atoms with E-state index in [1.165, 1.54) is 30.4 Å². The third-order valence-corrected chi connectivity index (χ3v) is 11.5. The number of piperidine rings is 1. The number of aryl methyl sites for hydroxylation is 2. The topological polar surface area (TPSA) is 104 Å². The smallest absolute Gasteiger partial charge is 0.225 e. The van der Waals surface area contributed by atoms with Gasteiger partial charge in [0.25, 0.3) is 0 Å². The standard InChI is InChI=1S/C30H39N3O4S/c1-20-9-12-24(13-10-20)38(36,37)30(2)15-16-31-29(35)26(30)18-28(34)33-27-8-3-5-22-17-21(11-14-25(22)27)19-32-23-6-4-7-23/h9-14,17,23,26-27,32H,3-8,15-16,18-19H2,1-2H3,(H,31,35)(H,33,34)/t26?,27-,30?/m1/s1. The average molecular weight is 538 g/mol. The molecule has 2 amide bonds. The van der Waals surface area contributed by atoms with Crippen LogP contribution in [0.1, 0.15) is 80.2 Å². The molecule has 7 nitrogen and oxygen atoms in total. The van der Waals surface area contributed by atoms with E-state index in [1.807, 2.05) is 6.92 Å². The molecule has 3 N–H and O–H groups in total. The molecular weight excluding hydrogens is 498 g/mol. The second-order valence-electron chi connectivity index (χ2n) is 11.5. The summed E-state index contributed by atoms with van der Waals surface area (Å²) in [5, 5.41) is 9.54. The fourth-order valence-corrected chi connectivity index (χ4v) is 8.03. The van der Waals surface area contributed by atoms with Crippen LogP contribution in [0, 0.1) is 12.8 Å². The molecule has 1 aliphatic heterocycles. The molecule has 2 aliphatic carbocycles. The zero-order valence-electron chi connectivity index (χ0n) is 22.4. The van der Waals surface area contributed by atoms with Crippen LogP contribution in [0.3, 0.4) is 0 Å². The molecule has 3 atom stereocenters. The van der Waals surface area contributed by atoms with E-state index >= 15 is 0 Å². The Morgan fingerprint density at radius 2 is 1.84 bits per heavy atom. The van der Waals surface area contributed by atoms with Crippen LogP contribution in [0.5, 0.6) is 0 Å². The van der Waals surface area contributed by atoms with Crippen molar-refractivity contribution in [2.24, 2.45) is 5.92 Å². The molecule has 2 aromatic rings. The van der Waals surface area contributed by atoms with Crippen molar-refractivity contribution < 1.29 is 18.0 Å². The van der Waals surface area contributed by atoms with Gasteiger partial charge in [0.15, 0.2) is 9.84 Å². The SMILES string of the molecule is Cc1ccc(S(=O)(=O)C2(C)CCNC(=O)C2CC(=O)N[C@@H]2CCCc3cc(CNC4CCC4)ccc32)cc1. The molecule has 0 spiro atoms. The Kier molecular flexibility index (Phi) is 7.65. The molecule has 2 fully saturated rings. The Morgan fingerprint density at radius 3 is 2.55 bits per heavy atom. The Hall–Kier alpha value is -2.71. The van der Waals surface area contributed by atoms with Gasteiger partial charge >= 0.3 is 0 Å². The summed E-state index contributed by atoms with van der Waals surface area (Å²) in [7, 11) is -3.85. The van der Waals surface area contributed by atoms with Gasteiger partial charge in [0, 0.05) is 25.6 Å². The summed E-state index contributed by atoms with van der Waals surface area (Å²) in [6.45, 7) is 4.65. The Bertz CT molecular complexity index is 1300. The van der Waals surface area contributed by atoms with E-state index in [9.17, 15) is 18.0 Å². The first-order chi connectivity index (χ1) is 18.2. The van der Waals surface area contributed by atoms with Crippen molar-refractivity contribution in [3.8, 4) is 0 Å². The quantitative estimate of drug-likeness (QED) is 0.474. The maximum Gasteiger partial charge on any atom is 0.225 e. The molecule has 1 saturated heterocycles. The van der Waals surface area contributed by atoms with Crippen LogP contribution in [0.25, 0.3) is 0 Å². The molecule has 1 saturated carbocycles. The number of hydrogen-bond donors (Lipinski definition) is 3. The van der Waals surface area contributed by atoms with Crippen LogP contribution in [0.2, 0.25) is 0 Å². The van der Waals surface area contributed by atoms with Gasteiger partial charge in [0.1, 0.15) is 0 Å². The van der Waals surface area contributed by atoms with E-state index < -0.39 is 20.5 Å². The van der Waals surface area contributed by atoms with Crippen LogP contribution < -0.4 is 16.0 Å². The van der Waals surface area contributed by atoms with Crippen molar-refractivity contribution in [2.75, 3.05) is 6.54 Å². The number of fused-ring (bicyclic) bond motifs is 1. The summed E-state index contributed by atoms with van der Waals surface area (Å²) in [6, 6.07) is 13.7. The highest BCUT2D eigenvalue weighted by atomic mass is 32.2. The van der Waals surface area contributed by atoms with Gasteiger partial charge in [-0.05, 0) is 81.2 Å². The lowest BCUT2D eigenvalue weighted by molar-refractivity contribution is -0.133. The van der Waals surface area contributed by atoms with Crippen molar-refractivity contribution in [3.05, 3.63) is 64.7 Å². The number of carbonyl (C=O) groups excluding carboxylic acids is 2. The third kappa shape index (κ3) is 5.25. The normalized spacial score (nSPS) is 25.7.